The van der Waals surface area contributed by atoms with Crippen LogP contribution >= 0.6 is 0 Å². The molecular weight excluding hydrogens is 266 g/mol. The maximum Gasteiger partial charge on any atom is 0.0786 e. The van der Waals surface area contributed by atoms with Crippen molar-refractivity contribution in [3.8, 4) is 0 Å². The second kappa shape index (κ2) is 16.2. The van der Waals surface area contributed by atoms with Gasteiger partial charge in [0.25, 0.3) is 0 Å². The Morgan fingerprint density at radius 3 is 1.95 bits per heavy atom. The Bertz CT molecular complexity index is 200. The lowest BCUT2D eigenvalue weighted by Crippen LogP contribution is -2.23. The highest BCUT2D eigenvalue weighted by Gasteiger charge is 2.05. The molecule has 0 aliphatic carbocycles. The molecule has 0 aromatic carbocycles. The van der Waals surface area contributed by atoms with Crippen LogP contribution in [0.25, 0.3) is 0 Å². The minimum Gasteiger partial charge on any atom is -0.391 e. The zero-order chi connectivity index (χ0) is 15.8. The molecule has 0 aromatic heterocycles. The lowest BCUT2D eigenvalue weighted by Gasteiger charge is -2.13. The molecule has 0 radical (unpaired) electrons. The molecule has 1 unspecified atom stereocenters. The van der Waals surface area contributed by atoms with Gasteiger partial charge in [-0.05, 0) is 12.8 Å². The average molecular weight is 303 g/mol. The molecule has 0 saturated heterocycles. The third-order valence-corrected chi connectivity index (χ3v) is 3.74. The SMILES string of the molecule is CCCCCCCCCCCCOCC(O)CCN(C)O. The highest BCUT2D eigenvalue weighted by atomic mass is 16.5. The Labute approximate surface area is 131 Å². The van der Waals surface area contributed by atoms with Gasteiger partial charge in [-0.2, -0.15) is 5.06 Å². The second-order valence-corrected chi connectivity index (χ2v) is 6.08. The van der Waals surface area contributed by atoms with Gasteiger partial charge in [0.2, 0.25) is 0 Å². The standard InChI is InChI=1S/C17H37NO3/c1-3-4-5-6-7-8-9-10-11-12-15-21-16-17(19)13-14-18(2)20/h17,19-20H,3-16H2,1-2H3. The first-order valence-electron chi connectivity index (χ1n) is 8.82. The van der Waals surface area contributed by atoms with Crippen LogP contribution in [0.3, 0.4) is 0 Å². The molecule has 2 N–H and O–H groups in total. The molecule has 1 atom stereocenters. The Morgan fingerprint density at radius 2 is 1.43 bits per heavy atom. The van der Waals surface area contributed by atoms with Gasteiger partial charge in [0, 0.05) is 20.2 Å². The van der Waals surface area contributed by atoms with E-state index in [9.17, 15) is 5.11 Å². The van der Waals surface area contributed by atoms with Crippen molar-refractivity contribution < 1.29 is 15.1 Å². The molecule has 0 heterocycles. The largest absolute Gasteiger partial charge is 0.391 e. The third-order valence-electron chi connectivity index (χ3n) is 3.74. The van der Waals surface area contributed by atoms with E-state index in [-0.39, 0.29) is 0 Å². The summed E-state index contributed by atoms with van der Waals surface area (Å²) in [5, 5.41) is 19.6. The number of hydroxylamine groups is 2. The normalized spacial score (nSPS) is 13.0. The van der Waals surface area contributed by atoms with Gasteiger partial charge in [-0.1, -0.05) is 64.7 Å². The van der Waals surface area contributed by atoms with Crippen molar-refractivity contribution in [2.75, 3.05) is 26.8 Å². The van der Waals surface area contributed by atoms with E-state index in [4.69, 9.17) is 9.94 Å². The zero-order valence-electron chi connectivity index (χ0n) is 14.2. The van der Waals surface area contributed by atoms with Crippen LogP contribution in [0.15, 0.2) is 0 Å². The van der Waals surface area contributed by atoms with Crippen LogP contribution < -0.4 is 0 Å². The highest BCUT2D eigenvalue weighted by Crippen LogP contribution is 2.10. The minimum atomic E-state index is -0.470. The Balaban J connectivity index is 3.08. The maximum absolute atomic E-state index is 9.60. The van der Waals surface area contributed by atoms with Gasteiger partial charge < -0.3 is 15.1 Å². The van der Waals surface area contributed by atoms with E-state index >= 15 is 0 Å². The Hall–Kier alpha value is -0.160. The van der Waals surface area contributed by atoms with E-state index in [1.54, 1.807) is 7.05 Å². The molecule has 0 aliphatic rings. The highest BCUT2D eigenvalue weighted by molar-refractivity contribution is 4.55. The van der Waals surface area contributed by atoms with Crippen molar-refractivity contribution in [2.24, 2.45) is 0 Å². The van der Waals surface area contributed by atoms with Crippen molar-refractivity contribution >= 4 is 0 Å². The van der Waals surface area contributed by atoms with E-state index in [1.807, 2.05) is 0 Å². The number of ether oxygens (including phenoxy) is 1. The van der Waals surface area contributed by atoms with Crippen LogP contribution in [0.4, 0.5) is 0 Å². The van der Waals surface area contributed by atoms with Crippen molar-refractivity contribution in [3.05, 3.63) is 0 Å². The lowest BCUT2D eigenvalue weighted by molar-refractivity contribution is -0.0766. The molecule has 0 amide bonds. The van der Waals surface area contributed by atoms with Crippen LogP contribution in [-0.4, -0.2) is 48.3 Å². The monoisotopic (exact) mass is 303 g/mol. The zero-order valence-corrected chi connectivity index (χ0v) is 14.2. The molecule has 0 aliphatic heterocycles. The summed E-state index contributed by atoms with van der Waals surface area (Å²) in [6.45, 7) is 3.85. The summed E-state index contributed by atoms with van der Waals surface area (Å²) in [6, 6.07) is 0. The molecule has 0 saturated carbocycles. The van der Waals surface area contributed by atoms with E-state index < -0.39 is 6.10 Å². The molecule has 4 heteroatoms. The fourth-order valence-corrected chi connectivity index (χ4v) is 2.33. The average Bonchev–Trinajstić information content (AvgIpc) is 2.46. The Morgan fingerprint density at radius 1 is 0.905 bits per heavy atom. The summed E-state index contributed by atoms with van der Waals surface area (Å²) in [7, 11) is 1.58. The first-order chi connectivity index (χ1) is 10.2. The maximum atomic E-state index is 9.60. The molecule has 0 aromatic rings. The molecule has 0 fully saturated rings. The van der Waals surface area contributed by atoms with E-state index in [2.05, 4.69) is 6.92 Å². The summed E-state index contributed by atoms with van der Waals surface area (Å²) >= 11 is 0. The van der Waals surface area contributed by atoms with Gasteiger partial charge in [-0.15, -0.1) is 0 Å². The molecule has 0 bridgehead atoms. The van der Waals surface area contributed by atoms with Gasteiger partial charge in [0.05, 0.1) is 12.7 Å². The van der Waals surface area contributed by atoms with Gasteiger partial charge in [-0.3, -0.25) is 0 Å². The van der Waals surface area contributed by atoms with Crippen molar-refractivity contribution in [1.29, 1.82) is 0 Å². The van der Waals surface area contributed by atoms with Crippen LogP contribution in [0.2, 0.25) is 0 Å². The second-order valence-electron chi connectivity index (χ2n) is 6.08. The van der Waals surface area contributed by atoms with Crippen LogP contribution in [0, 0.1) is 0 Å². The van der Waals surface area contributed by atoms with Gasteiger partial charge in [0.15, 0.2) is 0 Å². The first kappa shape index (κ1) is 20.8. The summed E-state index contributed by atoms with van der Waals surface area (Å²) in [6.07, 6.45) is 13.3. The van der Waals surface area contributed by atoms with E-state index in [0.29, 0.717) is 19.6 Å². The number of aliphatic hydroxyl groups is 1. The molecule has 0 rings (SSSR count). The van der Waals surface area contributed by atoms with Crippen LogP contribution in [0.5, 0.6) is 0 Å². The summed E-state index contributed by atoms with van der Waals surface area (Å²) < 4.78 is 5.45. The number of rotatable bonds is 16. The fraction of sp³-hybridized carbons (Fsp3) is 1.00. The van der Waals surface area contributed by atoms with E-state index in [0.717, 1.165) is 18.1 Å². The summed E-state index contributed by atoms with van der Waals surface area (Å²) in [4.78, 5) is 0. The molecule has 0 spiro atoms. The Kier molecular flexibility index (Phi) is 16.1. The minimum absolute atomic E-state index is 0.380. The number of nitrogens with zero attached hydrogens (tertiary/aromatic N) is 1. The first-order valence-corrected chi connectivity index (χ1v) is 8.82. The number of unbranched alkanes of at least 4 members (excludes halogenated alkanes) is 9. The molecule has 128 valence electrons. The summed E-state index contributed by atoms with van der Waals surface area (Å²) in [5.41, 5.74) is 0. The fourth-order valence-electron chi connectivity index (χ4n) is 2.33. The van der Waals surface area contributed by atoms with Crippen molar-refractivity contribution in [2.45, 2.75) is 83.7 Å². The van der Waals surface area contributed by atoms with Crippen LogP contribution in [-0.2, 0) is 4.74 Å². The van der Waals surface area contributed by atoms with Gasteiger partial charge in [-0.25, -0.2) is 0 Å². The molecular formula is C17H37NO3. The molecule has 21 heavy (non-hydrogen) atoms. The number of hydrogen-bond acceptors (Lipinski definition) is 4. The molecule has 4 nitrogen and oxygen atoms in total. The van der Waals surface area contributed by atoms with Crippen LogP contribution in [0.1, 0.15) is 77.6 Å². The third kappa shape index (κ3) is 17.8. The predicted molar refractivity (Wildman–Crippen MR) is 87.7 cm³/mol. The lowest BCUT2D eigenvalue weighted by atomic mass is 10.1. The summed E-state index contributed by atoms with van der Waals surface area (Å²) in [5.74, 6) is 0. The van der Waals surface area contributed by atoms with E-state index in [1.165, 1.54) is 57.8 Å². The number of aliphatic hydroxyl groups excluding tert-OH is 1. The van der Waals surface area contributed by atoms with Crippen molar-refractivity contribution in [3.63, 3.8) is 0 Å². The quantitative estimate of drug-likeness (QED) is 0.334. The number of hydrogen-bond donors (Lipinski definition) is 2. The van der Waals surface area contributed by atoms with Crippen molar-refractivity contribution in [1.82, 2.24) is 5.06 Å². The smallest absolute Gasteiger partial charge is 0.0786 e. The topological polar surface area (TPSA) is 52.9 Å². The predicted octanol–water partition coefficient (Wildman–Crippen LogP) is 4.00. The van der Waals surface area contributed by atoms with Gasteiger partial charge >= 0.3 is 0 Å². The van der Waals surface area contributed by atoms with Gasteiger partial charge in [0.1, 0.15) is 0 Å².